The van der Waals surface area contributed by atoms with E-state index in [2.05, 4.69) is 5.32 Å². The first kappa shape index (κ1) is 15.6. The second-order valence-corrected chi connectivity index (χ2v) is 5.08. The first-order valence-corrected chi connectivity index (χ1v) is 6.94. The molecule has 1 nitrogen and oxygen atoms in total. The van der Waals surface area contributed by atoms with E-state index in [0.717, 1.165) is 5.56 Å². The zero-order valence-corrected chi connectivity index (χ0v) is 12.1. The fourth-order valence-corrected chi connectivity index (χ4v) is 2.45. The van der Waals surface area contributed by atoms with Gasteiger partial charge in [0.1, 0.15) is 17.5 Å². The molecule has 0 spiro atoms. The van der Waals surface area contributed by atoms with E-state index in [-0.39, 0.29) is 23.8 Å². The molecule has 2 aromatic rings. The molecule has 2 rings (SSSR count). The van der Waals surface area contributed by atoms with Crippen molar-refractivity contribution in [3.8, 4) is 0 Å². The maximum atomic E-state index is 13.8. The molecular formula is C17H18F3N. The van der Waals surface area contributed by atoms with Gasteiger partial charge < -0.3 is 5.32 Å². The molecule has 0 aromatic heterocycles. The van der Waals surface area contributed by atoms with Crippen LogP contribution in [0, 0.1) is 24.4 Å². The minimum Gasteiger partial charge on any atom is -0.310 e. The van der Waals surface area contributed by atoms with Crippen molar-refractivity contribution < 1.29 is 13.2 Å². The summed E-state index contributed by atoms with van der Waals surface area (Å²) in [5.41, 5.74) is 1.49. The van der Waals surface area contributed by atoms with Crippen molar-refractivity contribution in [1.82, 2.24) is 5.32 Å². The lowest BCUT2D eigenvalue weighted by molar-refractivity contribution is 0.497. The smallest absolute Gasteiger partial charge is 0.129 e. The molecule has 1 atom stereocenters. The van der Waals surface area contributed by atoms with Crippen molar-refractivity contribution in [2.45, 2.75) is 26.3 Å². The summed E-state index contributed by atoms with van der Waals surface area (Å²) in [6.45, 7) is 4.31. The van der Waals surface area contributed by atoms with Crippen molar-refractivity contribution in [1.29, 1.82) is 0 Å². The molecule has 1 unspecified atom stereocenters. The number of nitrogens with one attached hydrogen (secondary N) is 1. The van der Waals surface area contributed by atoms with E-state index in [0.29, 0.717) is 12.1 Å². The summed E-state index contributed by atoms with van der Waals surface area (Å²) in [5.74, 6) is -1.50. The summed E-state index contributed by atoms with van der Waals surface area (Å²) in [5, 5.41) is 3.16. The van der Waals surface area contributed by atoms with Gasteiger partial charge in [0.15, 0.2) is 0 Å². The molecule has 0 saturated carbocycles. The van der Waals surface area contributed by atoms with Gasteiger partial charge in [0, 0.05) is 11.6 Å². The van der Waals surface area contributed by atoms with E-state index < -0.39 is 11.6 Å². The quantitative estimate of drug-likeness (QED) is 0.866. The van der Waals surface area contributed by atoms with Crippen LogP contribution in [0.3, 0.4) is 0 Å². The van der Waals surface area contributed by atoms with Crippen molar-refractivity contribution >= 4 is 0 Å². The molecule has 0 bridgehead atoms. The molecule has 0 heterocycles. The predicted molar refractivity (Wildman–Crippen MR) is 77.6 cm³/mol. The van der Waals surface area contributed by atoms with Crippen LogP contribution in [0.5, 0.6) is 0 Å². The van der Waals surface area contributed by atoms with Gasteiger partial charge in [-0.3, -0.25) is 0 Å². The van der Waals surface area contributed by atoms with Crippen LogP contribution in [0.2, 0.25) is 0 Å². The minimum atomic E-state index is -0.578. The van der Waals surface area contributed by atoms with Crippen LogP contribution in [-0.4, -0.2) is 6.54 Å². The Bertz CT molecular complexity index is 585. The van der Waals surface area contributed by atoms with E-state index in [1.165, 1.54) is 30.3 Å². The number of aryl methyl sites for hydroxylation is 1. The zero-order valence-electron chi connectivity index (χ0n) is 12.1. The van der Waals surface area contributed by atoms with Crippen LogP contribution >= 0.6 is 0 Å². The Morgan fingerprint density at radius 2 is 1.71 bits per heavy atom. The highest BCUT2D eigenvalue weighted by molar-refractivity contribution is 5.29. The Morgan fingerprint density at radius 1 is 1.05 bits per heavy atom. The van der Waals surface area contributed by atoms with Crippen LogP contribution in [0.1, 0.15) is 29.7 Å². The van der Waals surface area contributed by atoms with Gasteiger partial charge in [-0.1, -0.05) is 19.1 Å². The Morgan fingerprint density at radius 3 is 2.29 bits per heavy atom. The molecule has 0 aliphatic heterocycles. The summed E-state index contributed by atoms with van der Waals surface area (Å²) in [7, 11) is 0. The molecule has 0 amide bonds. The average Bonchev–Trinajstić information content (AvgIpc) is 2.40. The molecular weight excluding hydrogens is 275 g/mol. The number of hydrogen-bond donors (Lipinski definition) is 1. The first-order valence-electron chi connectivity index (χ1n) is 6.94. The van der Waals surface area contributed by atoms with Gasteiger partial charge in [-0.05, 0) is 55.3 Å². The van der Waals surface area contributed by atoms with Crippen LogP contribution in [0.25, 0.3) is 0 Å². The van der Waals surface area contributed by atoms with Crippen LogP contribution in [0.4, 0.5) is 13.2 Å². The Hall–Kier alpha value is -1.81. The number of likely N-dealkylation sites (N-methyl/N-ethyl adjacent to an activating group) is 1. The van der Waals surface area contributed by atoms with Gasteiger partial charge in [0.2, 0.25) is 0 Å². The van der Waals surface area contributed by atoms with Crippen molar-refractivity contribution in [3.63, 3.8) is 0 Å². The lowest BCUT2D eigenvalue weighted by Crippen LogP contribution is -2.24. The number of rotatable bonds is 5. The minimum absolute atomic E-state index is 0.0189. The highest BCUT2D eigenvalue weighted by Gasteiger charge is 2.17. The Kier molecular flexibility index (Phi) is 5.02. The van der Waals surface area contributed by atoms with E-state index in [1.807, 2.05) is 13.0 Å². The zero-order chi connectivity index (χ0) is 15.4. The van der Waals surface area contributed by atoms with Gasteiger partial charge in [-0.15, -0.1) is 0 Å². The average molecular weight is 293 g/mol. The van der Waals surface area contributed by atoms with Crippen LogP contribution < -0.4 is 5.32 Å². The largest absolute Gasteiger partial charge is 0.310 e. The summed E-state index contributed by atoms with van der Waals surface area (Å²) < 4.78 is 41.1. The fourth-order valence-electron chi connectivity index (χ4n) is 2.45. The standard InChI is InChI=1S/C17H18F3N/c1-3-21-17(12-7-11(2)8-13(18)9-12)10-14-15(19)5-4-6-16(14)20/h4-9,17,21H,3,10H2,1-2H3. The molecule has 0 aliphatic carbocycles. The molecule has 0 aliphatic rings. The van der Waals surface area contributed by atoms with Gasteiger partial charge in [0.05, 0.1) is 0 Å². The van der Waals surface area contributed by atoms with Crippen LogP contribution in [0.15, 0.2) is 36.4 Å². The van der Waals surface area contributed by atoms with Gasteiger partial charge in [0.25, 0.3) is 0 Å². The molecule has 1 N–H and O–H groups in total. The van der Waals surface area contributed by atoms with Gasteiger partial charge in [-0.25, -0.2) is 13.2 Å². The summed E-state index contributed by atoms with van der Waals surface area (Å²) >= 11 is 0. The third kappa shape index (κ3) is 3.85. The van der Waals surface area contributed by atoms with Crippen molar-refractivity contribution in [2.24, 2.45) is 0 Å². The van der Waals surface area contributed by atoms with E-state index in [4.69, 9.17) is 0 Å². The number of halogens is 3. The third-order valence-electron chi connectivity index (χ3n) is 3.39. The van der Waals surface area contributed by atoms with Crippen molar-refractivity contribution in [3.05, 3.63) is 70.5 Å². The fraction of sp³-hybridized carbons (Fsp3) is 0.294. The molecule has 112 valence electrons. The second-order valence-electron chi connectivity index (χ2n) is 5.08. The highest BCUT2D eigenvalue weighted by atomic mass is 19.1. The van der Waals surface area contributed by atoms with E-state index >= 15 is 0 Å². The molecule has 2 aromatic carbocycles. The molecule has 0 fully saturated rings. The normalized spacial score (nSPS) is 12.4. The van der Waals surface area contributed by atoms with Crippen LogP contribution in [-0.2, 0) is 6.42 Å². The van der Waals surface area contributed by atoms with E-state index in [1.54, 1.807) is 6.92 Å². The van der Waals surface area contributed by atoms with E-state index in [9.17, 15) is 13.2 Å². The van der Waals surface area contributed by atoms with Gasteiger partial charge in [-0.2, -0.15) is 0 Å². The highest BCUT2D eigenvalue weighted by Crippen LogP contribution is 2.24. The van der Waals surface area contributed by atoms with Crippen molar-refractivity contribution in [2.75, 3.05) is 6.54 Å². The second kappa shape index (κ2) is 6.76. The summed E-state index contributed by atoms with van der Waals surface area (Å²) in [4.78, 5) is 0. The molecule has 0 saturated heterocycles. The molecule has 0 radical (unpaired) electrons. The maximum absolute atomic E-state index is 13.8. The maximum Gasteiger partial charge on any atom is 0.129 e. The molecule has 4 heteroatoms. The summed E-state index contributed by atoms with van der Waals surface area (Å²) in [6.07, 6.45) is 0.134. The van der Waals surface area contributed by atoms with Gasteiger partial charge >= 0.3 is 0 Å². The number of hydrogen-bond acceptors (Lipinski definition) is 1. The lowest BCUT2D eigenvalue weighted by Gasteiger charge is -2.20. The SMILES string of the molecule is CCNC(Cc1c(F)cccc1F)c1cc(C)cc(F)c1. The number of benzene rings is 2. The first-order chi connectivity index (χ1) is 10.0. The molecule has 21 heavy (non-hydrogen) atoms. The Labute approximate surface area is 122 Å². The lowest BCUT2D eigenvalue weighted by atomic mass is 9.96. The third-order valence-corrected chi connectivity index (χ3v) is 3.39. The topological polar surface area (TPSA) is 12.0 Å². The predicted octanol–water partition coefficient (Wildman–Crippen LogP) is 4.31. The Balaban J connectivity index is 2.35. The monoisotopic (exact) mass is 293 g/mol. The summed E-state index contributed by atoms with van der Waals surface area (Å²) in [6, 6.07) is 8.12.